The lowest BCUT2D eigenvalue weighted by Gasteiger charge is -2.19. The van der Waals surface area contributed by atoms with Crippen LogP contribution in [0.15, 0.2) is 22.7 Å². The maximum Gasteiger partial charge on any atom is 0.252 e. The van der Waals surface area contributed by atoms with Crippen LogP contribution < -0.4 is 5.32 Å². The number of hydrogen-bond acceptors (Lipinski definition) is 2. The summed E-state index contributed by atoms with van der Waals surface area (Å²) in [5.74, 6) is -0.0639. The maximum atomic E-state index is 13.2. The van der Waals surface area contributed by atoms with Crippen molar-refractivity contribution in [3.8, 4) is 0 Å². The van der Waals surface area contributed by atoms with Gasteiger partial charge in [0.15, 0.2) is 0 Å². The fraction of sp³-hybridized carbons (Fsp3) is 0.500. The van der Waals surface area contributed by atoms with E-state index in [0.717, 1.165) is 6.42 Å². The van der Waals surface area contributed by atoms with Crippen LogP contribution in [0.25, 0.3) is 0 Å². The molecule has 1 aliphatic heterocycles. The monoisotopic (exact) mass is 327 g/mol. The molecule has 1 amide bonds. The Morgan fingerprint density at radius 1 is 1.37 bits per heavy atom. The molecule has 1 aliphatic carbocycles. The van der Waals surface area contributed by atoms with Gasteiger partial charge in [0, 0.05) is 11.1 Å². The number of carbonyl (C=O) groups excluding carboxylic acids is 1. The summed E-state index contributed by atoms with van der Waals surface area (Å²) in [7, 11) is 0. The average Bonchev–Trinajstić information content (AvgIpc) is 3.13. The van der Waals surface area contributed by atoms with E-state index in [1.165, 1.54) is 25.0 Å². The molecule has 1 N–H and O–H groups in total. The van der Waals surface area contributed by atoms with E-state index < -0.39 is 5.82 Å². The van der Waals surface area contributed by atoms with Crippen LogP contribution in [0.3, 0.4) is 0 Å². The summed E-state index contributed by atoms with van der Waals surface area (Å²) in [6.07, 6.45) is 3.33. The standard InChI is InChI=1S/C14H15BrFNO2/c15-11-4-3-9(16)7-10(11)14(18)17-12-5-6-19-13(12)8-1-2-8/h3-4,7-8,12-13H,1-2,5-6H2,(H,17,18). The molecule has 1 aromatic rings. The van der Waals surface area contributed by atoms with Crippen molar-refractivity contribution in [2.45, 2.75) is 31.4 Å². The molecule has 3 rings (SSSR count). The van der Waals surface area contributed by atoms with Gasteiger partial charge >= 0.3 is 0 Å². The van der Waals surface area contributed by atoms with E-state index in [9.17, 15) is 9.18 Å². The fourth-order valence-corrected chi connectivity index (χ4v) is 3.00. The van der Waals surface area contributed by atoms with Crippen LogP contribution in [0.2, 0.25) is 0 Å². The lowest BCUT2D eigenvalue weighted by molar-refractivity contribution is 0.0729. The molecule has 2 unspecified atom stereocenters. The van der Waals surface area contributed by atoms with Gasteiger partial charge in [-0.3, -0.25) is 4.79 Å². The van der Waals surface area contributed by atoms with Crippen LogP contribution in [0.5, 0.6) is 0 Å². The van der Waals surface area contributed by atoms with Crippen molar-refractivity contribution in [1.82, 2.24) is 5.32 Å². The zero-order chi connectivity index (χ0) is 13.4. The minimum absolute atomic E-state index is 0.0511. The Morgan fingerprint density at radius 2 is 2.16 bits per heavy atom. The van der Waals surface area contributed by atoms with E-state index >= 15 is 0 Å². The molecule has 1 saturated heterocycles. The zero-order valence-corrected chi connectivity index (χ0v) is 12.0. The third kappa shape index (κ3) is 2.82. The highest BCUT2D eigenvalue weighted by Gasteiger charge is 2.41. The molecule has 3 nitrogen and oxygen atoms in total. The van der Waals surface area contributed by atoms with E-state index in [1.807, 2.05) is 0 Å². The molecule has 0 radical (unpaired) electrons. The van der Waals surface area contributed by atoms with Crippen molar-refractivity contribution in [2.75, 3.05) is 6.61 Å². The lowest BCUT2D eigenvalue weighted by atomic mass is 10.1. The Balaban J connectivity index is 1.72. The van der Waals surface area contributed by atoms with E-state index in [2.05, 4.69) is 21.2 Å². The second kappa shape index (κ2) is 5.21. The van der Waals surface area contributed by atoms with E-state index in [0.29, 0.717) is 22.6 Å². The van der Waals surface area contributed by atoms with Crippen molar-refractivity contribution in [3.63, 3.8) is 0 Å². The summed E-state index contributed by atoms with van der Waals surface area (Å²) in [5.41, 5.74) is 0.335. The van der Waals surface area contributed by atoms with Gasteiger partial charge in [0.25, 0.3) is 5.91 Å². The summed E-state index contributed by atoms with van der Waals surface area (Å²) in [5, 5.41) is 2.97. The van der Waals surface area contributed by atoms with Crippen LogP contribution in [0, 0.1) is 11.7 Å². The van der Waals surface area contributed by atoms with Crippen molar-refractivity contribution in [3.05, 3.63) is 34.1 Å². The van der Waals surface area contributed by atoms with Crippen molar-refractivity contribution >= 4 is 21.8 Å². The van der Waals surface area contributed by atoms with Crippen LogP contribution in [-0.4, -0.2) is 24.7 Å². The summed E-state index contributed by atoms with van der Waals surface area (Å²) >= 11 is 3.28. The highest BCUT2D eigenvalue weighted by Crippen LogP contribution is 2.38. The third-order valence-corrected chi connectivity index (χ3v) is 4.40. The van der Waals surface area contributed by atoms with Crippen LogP contribution in [0.1, 0.15) is 29.6 Å². The van der Waals surface area contributed by atoms with E-state index in [1.54, 1.807) is 6.07 Å². The van der Waals surface area contributed by atoms with E-state index in [4.69, 9.17) is 4.74 Å². The number of hydrogen-bond donors (Lipinski definition) is 1. The third-order valence-electron chi connectivity index (χ3n) is 3.71. The fourth-order valence-electron chi connectivity index (χ4n) is 2.57. The molecule has 2 fully saturated rings. The smallest absolute Gasteiger partial charge is 0.252 e. The summed E-state index contributed by atoms with van der Waals surface area (Å²) in [4.78, 5) is 12.2. The SMILES string of the molecule is O=C(NC1CCOC1C1CC1)c1cc(F)ccc1Br. The largest absolute Gasteiger partial charge is 0.376 e. The normalized spacial score (nSPS) is 26.4. The van der Waals surface area contributed by atoms with Gasteiger partial charge < -0.3 is 10.1 Å². The van der Waals surface area contributed by atoms with Crippen LogP contribution in [0.4, 0.5) is 4.39 Å². The van der Waals surface area contributed by atoms with Crippen molar-refractivity contribution < 1.29 is 13.9 Å². The van der Waals surface area contributed by atoms with Gasteiger partial charge in [0.1, 0.15) is 5.82 Å². The highest BCUT2D eigenvalue weighted by atomic mass is 79.9. The summed E-state index contributed by atoms with van der Waals surface area (Å²) in [6, 6.07) is 4.18. The minimum atomic E-state index is -0.408. The Morgan fingerprint density at radius 3 is 2.89 bits per heavy atom. The lowest BCUT2D eigenvalue weighted by Crippen LogP contribution is -2.41. The van der Waals surface area contributed by atoms with Gasteiger partial charge in [0.05, 0.1) is 17.7 Å². The Bertz CT molecular complexity index is 504. The molecule has 0 spiro atoms. The van der Waals surface area contributed by atoms with Crippen LogP contribution in [-0.2, 0) is 4.74 Å². The molecule has 2 aliphatic rings. The minimum Gasteiger partial charge on any atom is -0.376 e. The average molecular weight is 328 g/mol. The Labute approximate surface area is 119 Å². The number of rotatable bonds is 3. The number of amides is 1. The highest BCUT2D eigenvalue weighted by molar-refractivity contribution is 9.10. The van der Waals surface area contributed by atoms with E-state index in [-0.39, 0.29) is 18.1 Å². The maximum absolute atomic E-state index is 13.2. The van der Waals surface area contributed by atoms with Gasteiger partial charge in [-0.2, -0.15) is 0 Å². The second-order valence-electron chi connectivity index (χ2n) is 5.17. The van der Waals surface area contributed by atoms with Gasteiger partial charge in [-0.25, -0.2) is 4.39 Å². The number of nitrogens with one attached hydrogen (secondary N) is 1. The molecule has 19 heavy (non-hydrogen) atoms. The summed E-state index contributed by atoms with van der Waals surface area (Å²) in [6.45, 7) is 0.691. The Kier molecular flexibility index (Phi) is 3.58. The summed E-state index contributed by atoms with van der Waals surface area (Å²) < 4.78 is 19.5. The molecule has 5 heteroatoms. The Hall–Kier alpha value is -0.940. The van der Waals surface area contributed by atoms with Gasteiger partial charge in [-0.15, -0.1) is 0 Å². The number of benzene rings is 1. The predicted octanol–water partition coefficient (Wildman–Crippen LogP) is 2.89. The quantitative estimate of drug-likeness (QED) is 0.927. The van der Waals surface area contributed by atoms with Gasteiger partial charge in [-0.05, 0) is 59.3 Å². The molecular weight excluding hydrogens is 313 g/mol. The molecule has 102 valence electrons. The van der Waals surface area contributed by atoms with Gasteiger partial charge in [0.2, 0.25) is 0 Å². The van der Waals surface area contributed by atoms with Crippen molar-refractivity contribution in [2.24, 2.45) is 5.92 Å². The number of ether oxygens (including phenoxy) is 1. The molecule has 0 aromatic heterocycles. The second-order valence-corrected chi connectivity index (χ2v) is 6.02. The zero-order valence-electron chi connectivity index (χ0n) is 10.4. The first-order valence-corrected chi connectivity index (χ1v) is 7.32. The number of carbonyl (C=O) groups is 1. The van der Waals surface area contributed by atoms with Crippen molar-refractivity contribution in [1.29, 1.82) is 0 Å². The predicted molar refractivity (Wildman–Crippen MR) is 72.4 cm³/mol. The molecule has 1 heterocycles. The molecule has 1 saturated carbocycles. The topological polar surface area (TPSA) is 38.3 Å². The first kappa shape index (κ1) is 13.1. The number of halogens is 2. The van der Waals surface area contributed by atoms with Gasteiger partial charge in [-0.1, -0.05) is 0 Å². The molecule has 0 bridgehead atoms. The first-order valence-electron chi connectivity index (χ1n) is 6.52. The molecule has 2 atom stereocenters. The molecule has 1 aromatic carbocycles. The molecular formula is C14H15BrFNO2. The first-order chi connectivity index (χ1) is 9.15. The van der Waals surface area contributed by atoms with Crippen LogP contribution >= 0.6 is 15.9 Å².